The monoisotopic (exact) mass is 474 g/mol. The summed E-state index contributed by atoms with van der Waals surface area (Å²) in [5, 5.41) is 51.9. The van der Waals surface area contributed by atoms with Crippen LogP contribution in [-0.2, 0) is 42.0 Å². The molecule has 0 radical (unpaired) electrons. The van der Waals surface area contributed by atoms with E-state index in [2.05, 4.69) is 22.9 Å². The molecule has 0 amide bonds. The zero-order chi connectivity index (χ0) is 23.6. The molecular formula is C10H19B4N2NaO15. The zero-order valence-electron chi connectivity index (χ0n) is 15.8. The molecule has 2 aliphatic rings. The van der Waals surface area contributed by atoms with E-state index in [4.69, 9.17) is 30.5 Å². The van der Waals surface area contributed by atoms with Gasteiger partial charge in [-0.2, -0.15) is 0 Å². The minimum atomic E-state index is -1.45. The summed E-state index contributed by atoms with van der Waals surface area (Å²) in [6.07, 6.45) is 0. The third-order valence-electron chi connectivity index (χ3n) is 3.30. The summed E-state index contributed by atoms with van der Waals surface area (Å²) in [5.74, 6) is -4.91. The van der Waals surface area contributed by atoms with Crippen LogP contribution in [0.4, 0.5) is 0 Å². The van der Waals surface area contributed by atoms with Crippen LogP contribution in [0.5, 0.6) is 0 Å². The van der Waals surface area contributed by atoms with Crippen molar-refractivity contribution >= 4 is 82.7 Å². The molecular weight excluding hydrogens is 454 g/mol. The van der Waals surface area contributed by atoms with E-state index in [-0.39, 0.29) is 42.6 Å². The van der Waals surface area contributed by atoms with Gasteiger partial charge in [-0.3, -0.25) is 29.0 Å². The summed E-state index contributed by atoms with van der Waals surface area (Å²) in [4.78, 5) is 44.4. The van der Waals surface area contributed by atoms with Gasteiger partial charge in [0.25, 0.3) is 0 Å². The maximum absolute atomic E-state index is 10.6. The van der Waals surface area contributed by atoms with E-state index in [1.54, 1.807) is 0 Å². The third kappa shape index (κ3) is 14.0. The van der Waals surface area contributed by atoms with E-state index < -0.39 is 79.3 Å². The molecule has 2 rings (SSSR count). The van der Waals surface area contributed by atoms with Gasteiger partial charge >= 0.3 is 82.7 Å². The average molecular weight is 473 g/mol. The Kier molecular flexibility index (Phi) is 15.0. The second-order valence-electron chi connectivity index (χ2n) is 5.87. The third-order valence-corrected chi connectivity index (χ3v) is 3.30. The van der Waals surface area contributed by atoms with Crippen molar-refractivity contribution in [2.24, 2.45) is 0 Å². The zero-order valence-corrected chi connectivity index (χ0v) is 15.8. The summed E-state index contributed by atoms with van der Waals surface area (Å²) in [5.41, 5.74) is 0. The Bertz CT molecular complexity index is 548. The first-order chi connectivity index (χ1) is 14.4. The van der Waals surface area contributed by atoms with Crippen LogP contribution < -0.4 is 0 Å². The van der Waals surface area contributed by atoms with Gasteiger partial charge in [0.2, 0.25) is 0 Å². The predicted octanol–water partition coefficient (Wildman–Crippen LogP) is -5.70. The molecule has 0 aromatic heterocycles. The summed E-state index contributed by atoms with van der Waals surface area (Å²) < 4.78 is 22.6. The number of hydrogen-bond acceptors (Lipinski definition) is 13. The first-order valence-electron chi connectivity index (χ1n) is 8.40. The van der Waals surface area contributed by atoms with E-state index in [0.717, 1.165) is 9.80 Å². The van der Waals surface area contributed by atoms with Crippen LogP contribution in [0.3, 0.4) is 0 Å². The molecule has 0 aromatic carbocycles. The molecule has 6 N–H and O–H groups in total. The van der Waals surface area contributed by atoms with Crippen LogP contribution in [0.1, 0.15) is 0 Å². The van der Waals surface area contributed by atoms with Crippen LogP contribution >= 0.6 is 0 Å². The molecule has 2 fully saturated rings. The fourth-order valence-electron chi connectivity index (χ4n) is 2.20. The van der Waals surface area contributed by atoms with E-state index >= 15 is 0 Å². The van der Waals surface area contributed by atoms with Crippen molar-refractivity contribution < 1.29 is 72.5 Å². The summed E-state index contributed by atoms with van der Waals surface area (Å²) >= 11 is 0. The van der Waals surface area contributed by atoms with Gasteiger partial charge in [-0.05, 0) is 0 Å². The molecule has 172 valence electrons. The van der Waals surface area contributed by atoms with Crippen molar-refractivity contribution in [3.8, 4) is 0 Å². The number of rotatable bonds is 11. The molecule has 32 heavy (non-hydrogen) atoms. The quantitative estimate of drug-likeness (QED) is 0.153. The Morgan fingerprint density at radius 2 is 0.812 bits per heavy atom. The van der Waals surface area contributed by atoms with Gasteiger partial charge < -0.3 is 53.3 Å². The topological polar surface area (TPSA) is 242 Å². The van der Waals surface area contributed by atoms with Gasteiger partial charge in [-0.15, -0.1) is 0 Å². The minimum absolute atomic E-state index is 0. The molecule has 22 heteroatoms. The van der Waals surface area contributed by atoms with Crippen LogP contribution in [0.25, 0.3) is 0 Å². The van der Waals surface area contributed by atoms with Gasteiger partial charge in [-0.25, -0.2) is 0 Å². The second kappa shape index (κ2) is 15.6. The summed E-state index contributed by atoms with van der Waals surface area (Å²) in [6.45, 7) is -2.25. The Morgan fingerprint density at radius 3 is 1.03 bits per heavy atom. The number of hydrogen-bond donors (Lipinski definition) is 6. The fraction of sp³-hybridized carbons (Fsp3) is 0.600. The Hall–Kier alpha value is -1.22. The molecule has 17 nitrogen and oxygen atoms in total. The number of nitrogens with zero attached hydrogens (tertiary/aromatic N) is 2. The number of aliphatic carboxylic acids is 4. The SMILES string of the molecule is O=C(O)CN(CCN(CC(=O)O)CC(=O)O)CC(=O)O.OB1OB2OB(O)OB(O1)O2.[NaH]. The van der Waals surface area contributed by atoms with Gasteiger partial charge in [0.05, 0.1) is 26.2 Å². The van der Waals surface area contributed by atoms with Crippen molar-refractivity contribution in [2.45, 2.75) is 0 Å². The Balaban J connectivity index is 0.000000668. The van der Waals surface area contributed by atoms with Gasteiger partial charge in [0.1, 0.15) is 0 Å². The number of carboxylic acid groups (broad SMARTS) is 4. The maximum atomic E-state index is 10.6. The van der Waals surface area contributed by atoms with Crippen LogP contribution in [0.2, 0.25) is 0 Å². The molecule has 2 aliphatic heterocycles. The fourth-order valence-corrected chi connectivity index (χ4v) is 2.20. The molecule has 0 atom stereocenters. The molecule has 2 heterocycles. The average Bonchev–Trinajstić information content (AvgIpc) is 2.56. The number of carboxylic acids is 4. The van der Waals surface area contributed by atoms with Crippen molar-refractivity contribution in [3.63, 3.8) is 0 Å². The van der Waals surface area contributed by atoms with Crippen LogP contribution in [0, 0.1) is 0 Å². The first kappa shape index (κ1) is 30.8. The van der Waals surface area contributed by atoms with Gasteiger partial charge in [0.15, 0.2) is 0 Å². The van der Waals surface area contributed by atoms with Crippen molar-refractivity contribution in [2.75, 3.05) is 39.3 Å². The van der Waals surface area contributed by atoms with Crippen molar-refractivity contribution in [3.05, 3.63) is 0 Å². The van der Waals surface area contributed by atoms with Crippen LogP contribution in [-0.4, -0.2) is 162 Å². The van der Waals surface area contributed by atoms with Gasteiger partial charge in [0, 0.05) is 13.1 Å². The molecule has 0 aliphatic carbocycles. The normalized spacial score (nSPS) is 15.1. The molecule has 2 saturated heterocycles. The van der Waals surface area contributed by atoms with Crippen LogP contribution in [0.15, 0.2) is 0 Å². The van der Waals surface area contributed by atoms with Gasteiger partial charge in [-0.1, -0.05) is 0 Å². The van der Waals surface area contributed by atoms with Crippen molar-refractivity contribution in [1.82, 2.24) is 9.80 Å². The van der Waals surface area contributed by atoms with E-state index in [1.807, 2.05) is 0 Å². The summed E-state index contributed by atoms with van der Waals surface area (Å²) in [6, 6.07) is 0. The standard InChI is InChI=1S/C10H16N2O8.B4H2O7.Na.H/c13-7(14)3-11(4-8(15)16)1-2-12(5-9(17)18)6-10(19)20;5-1-7-3-9-2(6)10-4(8-1)11-3;;/h1-6H2,(H,13,14)(H,15,16)(H,17,18)(H,19,20);5-6H;;. The predicted molar refractivity (Wildman–Crippen MR) is 103 cm³/mol. The molecule has 0 aromatic rings. The number of carbonyl (C=O) groups is 4. The van der Waals surface area contributed by atoms with E-state index in [9.17, 15) is 19.2 Å². The number of fused-ring (bicyclic) bond motifs is 2. The first-order valence-corrected chi connectivity index (χ1v) is 8.40. The molecule has 0 saturated carbocycles. The molecule has 0 spiro atoms. The molecule has 0 unspecified atom stereocenters. The summed E-state index contributed by atoms with van der Waals surface area (Å²) in [7, 11) is -5.20. The second-order valence-corrected chi connectivity index (χ2v) is 5.87. The van der Waals surface area contributed by atoms with Crippen molar-refractivity contribution in [1.29, 1.82) is 0 Å². The molecule has 2 bridgehead atoms. The Morgan fingerprint density at radius 1 is 0.562 bits per heavy atom. The van der Waals surface area contributed by atoms with E-state index in [0.29, 0.717) is 0 Å². The Labute approximate surface area is 204 Å². The van der Waals surface area contributed by atoms with E-state index in [1.165, 1.54) is 0 Å².